The van der Waals surface area contributed by atoms with Gasteiger partial charge in [-0.2, -0.15) is 0 Å². The van der Waals surface area contributed by atoms with E-state index in [1.54, 1.807) is 58.2 Å². The van der Waals surface area contributed by atoms with Crippen LogP contribution in [0.25, 0.3) is 0 Å². The third-order valence-electron chi connectivity index (χ3n) is 5.59. The molecule has 0 aliphatic carbocycles. The number of carbonyl (C=O) groups is 2. The number of pyridine rings is 1. The SMILES string of the molecule is COc1ccn(CCc2nc(C)oc2Cl)c(=O)c1CC(=O)NCc1cc(Cl)ccc1CNC(=O)OC(C)(C)C. The van der Waals surface area contributed by atoms with Gasteiger partial charge in [0.2, 0.25) is 11.1 Å². The van der Waals surface area contributed by atoms with E-state index in [4.69, 9.17) is 37.1 Å². The maximum atomic E-state index is 13.2. The van der Waals surface area contributed by atoms with Gasteiger partial charge in [0.25, 0.3) is 5.56 Å². The Bertz CT molecular complexity index is 1390. The minimum Gasteiger partial charge on any atom is -0.496 e. The summed E-state index contributed by atoms with van der Waals surface area (Å²) >= 11 is 12.2. The first-order chi connectivity index (χ1) is 18.4. The number of amides is 2. The summed E-state index contributed by atoms with van der Waals surface area (Å²) in [6.45, 7) is 7.63. The molecule has 0 aliphatic heterocycles. The quantitative estimate of drug-likeness (QED) is 0.360. The molecule has 2 amide bonds. The molecule has 3 rings (SSSR count). The van der Waals surface area contributed by atoms with Gasteiger partial charge in [0.1, 0.15) is 17.0 Å². The van der Waals surface area contributed by atoms with Gasteiger partial charge in [-0.25, -0.2) is 9.78 Å². The molecule has 0 bridgehead atoms. The van der Waals surface area contributed by atoms with Crippen molar-refractivity contribution < 1.29 is 23.5 Å². The molecular formula is C27H32Cl2N4O6. The highest BCUT2D eigenvalue weighted by Crippen LogP contribution is 2.19. The number of halogens is 2. The van der Waals surface area contributed by atoms with E-state index in [0.29, 0.717) is 40.9 Å². The van der Waals surface area contributed by atoms with E-state index in [1.165, 1.54) is 11.7 Å². The van der Waals surface area contributed by atoms with Crippen LogP contribution >= 0.6 is 23.2 Å². The van der Waals surface area contributed by atoms with Crippen molar-refractivity contribution in [2.75, 3.05) is 7.11 Å². The molecule has 10 nitrogen and oxygen atoms in total. The van der Waals surface area contributed by atoms with Crippen LogP contribution in [0.2, 0.25) is 10.2 Å². The van der Waals surface area contributed by atoms with Gasteiger partial charge in [-0.1, -0.05) is 17.7 Å². The molecule has 3 aromatic rings. The fourth-order valence-corrected chi connectivity index (χ4v) is 4.23. The number of methoxy groups -OCH3 is 1. The number of hydrogen-bond donors (Lipinski definition) is 2. The molecule has 0 atom stereocenters. The minimum atomic E-state index is -0.625. The predicted molar refractivity (Wildman–Crippen MR) is 147 cm³/mol. The first-order valence-corrected chi connectivity index (χ1v) is 13.0. The van der Waals surface area contributed by atoms with Crippen molar-refractivity contribution in [3.63, 3.8) is 0 Å². The number of nitrogens with zero attached hydrogens (tertiary/aromatic N) is 2. The number of aromatic nitrogens is 2. The Balaban J connectivity index is 1.67. The van der Waals surface area contributed by atoms with E-state index >= 15 is 0 Å². The molecule has 2 aromatic heterocycles. The monoisotopic (exact) mass is 578 g/mol. The third-order valence-corrected chi connectivity index (χ3v) is 6.12. The molecule has 0 unspecified atom stereocenters. The average Bonchev–Trinajstić information content (AvgIpc) is 3.18. The van der Waals surface area contributed by atoms with Gasteiger partial charge < -0.3 is 29.1 Å². The van der Waals surface area contributed by atoms with Crippen LogP contribution in [-0.4, -0.2) is 34.3 Å². The van der Waals surface area contributed by atoms with Crippen LogP contribution < -0.4 is 20.9 Å². The standard InChI is InChI=1S/C27H32Cl2N4O6/c1-16-32-21(24(29)38-16)8-10-33-11-9-22(37-5)20(25(33)35)13-23(34)30-15-18-12-19(28)7-6-17(18)14-31-26(36)39-27(2,3)4/h6-7,9,11-12H,8,10,13-15H2,1-5H3,(H,30,34)(H,31,36). The molecule has 0 spiro atoms. The van der Waals surface area contributed by atoms with Crippen molar-refractivity contribution in [1.29, 1.82) is 0 Å². The molecule has 0 aliphatic rings. The van der Waals surface area contributed by atoms with Gasteiger partial charge in [0, 0.05) is 44.2 Å². The Morgan fingerprint density at radius 1 is 1.10 bits per heavy atom. The molecule has 0 saturated carbocycles. The lowest BCUT2D eigenvalue weighted by Crippen LogP contribution is -2.33. The summed E-state index contributed by atoms with van der Waals surface area (Å²) in [5.74, 6) is 0.369. The van der Waals surface area contributed by atoms with Crippen LogP contribution in [0.1, 0.15) is 49.0 Å². The maximum absolute atomic E-state index is 13.2. The molecule has 2 heterocycles. The fraction of sp³-hybridized carbons (Fsp3) is 0.407. The molecule has 0 saturated heterocycles. The Morgan fingerprint density at radius 3 is 2.46 bits per heavy atom. The van der Waals surface area contributed by atoms with Crippen molar-refractivity contribution in [2.45, 2.75) is 65.8 Å². The summed E-state index contributed by atoms with van der Waals surface area (Å²) in [6.07, 6.45) is 1.22. The lowest BCUT2D eigenvalue weighted by molar-refractivity contribution is -0.120. The van der Waals surface area contributed by atoms with Crippen LogP contribution in [0.5, 0.6) is 5.75 Å². The first-order valence-electron chi connectivity index (χ1n) is 12.2. The smallest absolute Gasteiger partial charge is 0.407 e. The minimum absolute atomic E-state index is 0.137. The number of benzene rings is 1. The molecular weight excluding hydrogens is 547 g/mol. The van der Waals surface area contributed by atoms with Crippen LogP contribution in [0, 0.1) is 6.92 Å². The molecule has 39 heavy (non-hydrogen) atoms. The summed E-state index contributed by atoms with van der Waals surface area (Å²) in [6, 6.07) is 6.81. The molecule has 12 heteroatoms. The predicted octanol–water partition coefficient (Wildman–Crippen LogP) is 4.59. The van der Waals surface area contributed by atoms with Crippen LogP contribution in [-0.2, 0) is 42.0 Å². The van der Waals surface area contributed by atoms with Crippen molar-refractivity contribution in [1.82, 2.24) is 20.2 Å². The zero-order chi connectivity index (χ0) is 28.7. The van der Waals surface area contributed by atoms with E-state index in [1.807, 2.05) is 0 Å². The highest BCUT2D eigenvalue weighted by Gasteiger charge is 2.18. The lowest BCUT2D eigenvalue weighted by atomic mass is 10.1. The largest absolute Gasteiger partial charge is 0.496 e. The molecule has 1 aromatic carbocycles. The highest BCUT2D eigenvalue weighted by molar-refractivity contribution is 6.30. The molecule has 0 fully saturated rings. The normalized spacial score (nSPS) is 11.3. The second-order valence-electron chi connectivity index (χ2n) is 9.79. The van der Waals surface area contributed by atoms with E-state index < -0.39 is 11.7 Å². The van der Waals surface area contributed by atoms with Gasteiger partial charge in [-0.3, -0.25) is 9.59 Å². The van der Waals surface area contributed by atoms with Crippen molar-refractivity contribution in [2.24, 2.45) is 0 Å². The summed E-state index contributed by atoms with van der Waals surface area (Å²) in [7, 11) is 1.44. The number of oxazole rings is 1. The van der Waals surface area contributed by atoms with Gasteiger partial charge in [-0.15, -0.1) is 0 Å². The van der Waals surface area contributed by atoms with E-state index in [0.717, 1.165) is 5.56 Å². The maximum Gasteiger partial charge on any atom is 0.407 e. The summed E-state index contributed by atoms with van der Waals surface area (Å²) in [5.41, 5.74) is 1.26. The number of nitrogens with one attached hydrogen (secondary N) is 2. The molecule has 2 N–H and O–H groups in total. The van der Waals surface area contributed by atoms with Crippen molar-refractivity contribution >= 4 is 35.2 Å². The number of aryl methyl sites for hydroxylation is 3. The van der Waals surface area contributed by atoms with E-state index in [-0.39, 0.29) is 41.8 Å². The first kappa shape index (κ1) is 30.0. The van der Waals surface area contributed by atoms with Crippen molar-refractivity contribution in [3.8, 4) is 5.75 Å². The lowest BCUT2D eigenvalue weighted by Gasteiger charge is -2.20. The van der Waals surface area contributed by atoms with Gasteiger partial charge in [-0.05, 0) is 61.7 Å². The Kier molecular flexibility index (Phi) is 10.0. The van der Waals surface area contributed by atoms with Gasteiger partial charge in [0.15, 0.2) is 5.89 Å². The number of alkyl carbamates (subject to hydrolysis) is 1. The third kappa shape index (κ3) is 8.76. The van der Waals surface area contributed by atoms with E-state index in [9.17, 15) is 14.4 Å². The number of ether oxygens (including phenoxy) is 2. The van der Waals surface area contributed by atoms with Gasteiger partial charge >= 0.3 is 6.09 Å². The average molecular weight is 579 g/mol. The number of rotatable bonds is 10. The Labute approximate surface area is 236 Å². The second kappa shape index (κ2) is 13.0. The summed E-state index contributed by atoms with van der Waals surface area (Å²) in [5, 5.41) is 6.20. The van der Waals surface area contributed by atoms with E-state index in [2.05, 4.69) is 15.6 Å². The number of carbonyl (C=O) groups excluding carboxylic acids is 2. The van der Waals surface area contributed by atoms with Crippen molar-refractivity contribution in [3.05, 3.63) is 79.3 Å². The van der Waals surface area contributed by atoms with Crippen LogP contribution in [0.15, 0.2) is 39.7 Å². The van der Waals surface area contributed by atoms with Crippen LogP contribution in [0.3, 0.4) is 0 Å². The molecule has 210 valence electrons. The number of hydrogen-bond acceptors (Lipinski definition) is 7. The Morgan fingerprint density at radius 2 is 1.82 bits per heavy atom. The zero-order valence-electron chi connectivity index (χ0n) is 22.5. The molecule has 0 radical (unpaired) electrons. The zero-order valence-corrected chi connectivity index (χ0v) is 24.0. The van der Waals surface area contributed by atoms with Crippen LogP contribution in [0.4, 0.5) is 4.79 Å². The summed E-state index contributed by atoms with van der Waals surface area (Å²) in [4.78, 5) is 42.3. The van der Waals surface area contributed by atoms with Gasteiger partial charge in [0.05, 0.1) is 19.1 Å². The second-order valence-corrected chi connectivity index (χ2v) is 10.6. The topological polar surface area (TPSA) is 125 Å². The Hall–Kier alpha value is -3.50. The fourth-order valence-electron chi connectivity index (χ4n) is 3.79. The highest BCUT2D eigenvalue weighted by atomic mass is 35.5. The summed E-state index contributed by atoms with van der Waals surface area (Å²) < 4.78 is 17.3.